The quantitative estimate of drug-likeness (QED) is 0.643. The molecule has 1 spiro atoms. The van der Waals surface area contributed by atoms with Crippen molar-refractivity contribution in [2.45, 2.75) is 87.5 Å². The lowest BCUT2D eigenvalue weighted by Gasteiger charge is -2.52. The highest BCUT2D eigenvalue weighted by molar-refractivity contribution is 5.05. The van der Waals surface area contributed by atoms with E-state index >= 15 is 0 Å². The Morgan fingerprint density at radius 3 is 2.60 bits per heavy atom. The first-order chi connectivity index (χ1) is 14.7. The summed E-state index contributed by atoms with van der Waals surface area (Å²) in [7, 11) is 0. The van der Waals surface area contributed by atoms with E-state index in [1.165, 1.54) is 0 Å². The van der Waals surface area contributed by atoms with Gasteiger partial charge in [0.15, 0.2) is 0 Å². The second kappa shape index (κ2) is 9.26. The predicted octanol–water partition coefficient (Wildman–Crippen LogP) is 2.87. The monoisotopic (exact) mass is 428 g/mol. The molecule has 5 nitrogen and oxygen atoms in total. The van der Waals surface area contributed by atoms with E-state index in [-0.39, 0.29) is 42.0 Å². The van der Waals surface area contributed by atoms with Crippen LogP contribution in [0, 0.1) is 11.8 Å². The van der Waals surface area contributed by atoms with Gasteiger partial charge in [0.25, 0.3) is 0 Å². The van der Waals surface area contributed by atoms with Crippen molar-refractivity contribution in [2.75, 3.05) is 46.1 Å². The molecule has 6 aliphatic rings. The fraction of sp³-hybridized carbons (Fsp3) is 1.00. The molecule has 2 saturated carbocycles. The van der Waals surface area contributed by atoms with Crippen molar-refractivity contribution in [1.82, 2.24) is 10.2 Å². The summed E-state index contributed by atoms with van der Waals surface area (Å²) in [4.78, 5) is 2.50. The highest BCUT2D eigenvalue weighted by atomic mass is 19.2. The second-order valence-corrected chi connectivity index (χ2v) is 10.2. The Labute approximate surface area is 179 Å². The fourth-order valence-corrected chi connectivity index (χ4v) is 6.92. The van der Waals surface area contributed by atoms with Gasteiger partial charge in [0, 0.05) is 19.0 Å². The molecule has 172 valence electrons. The van der Waals surface area contributed by atoms with Crippen molar-refractivity contribution < 1.29 is 23.0 Å². The number of nitrogens with zero attached hydrogens (tertiary/aromatic N) is 1. The maximum atomic E-state index is 15.0. The first-order valence-corrected chi connectivity index (χ1v) is 12.2. The molecule has 0 aromatic rings. The van der Waals surface area contributed by atoms with E-state index in [1.807, 2.05) is 0 Å². The van der Waals surface area contributed by atoms with Gasteiger partial charge >= 0.3 is 0 Å². The topological polar surface area (TPSA) is 43.0 Å². The van der Waals surface area contributed by atoms with Crippen molar-refractivity contribution in [3.05, 3.63) is 0 Å². The van der Waals surface area contributed by atoms with E-state index in [1.54, 1.807) is 0 Å². The van der Waals surface area contributed by atoms with Gasteiger partial charge in [-0.25, -0.2) is 8.78 Å². The zero-order valence-corrected chi connectivity index (χ0v) is 18.1. The normalized spacial score (nSPS) is 48.8. The van der Waals surface area contributed by atoms with Crippen LogP contribution in [0.2, 0.25) is 0 Å². The molecule has 1 N–H and O–H groups in total. The third kappa shape index (κ3) is 4.17. The molecule has 4 saturated heterocycles. The third-order valence-corrected chi connectivity index (χ3v) is 8.56. The van der Waals surface area contributed by atoms with Gasteiger partial charge in [0.2, 0.25) is 0 Å². The molecule has 6 fully saturated rings. The summed E-state index contributed by atoms with van der Waals surface area (Å²) < 4.78 is 47.9. The number of hydrogen-bond acceptors (Lipinski definition) is 5. The molecule has 4 unspecified atom stereocenters. The van der Waals surface area contributed by atoms with Crippen molar-refractivity contribution in [1.29, 1.82) is 0 Å². The Balaban J connectivity index is 1.36. The predicted molar refractivity (Wildman–Crippen MR) is 110 cm³/mol. The Morgan fingerprint density at radius 2 is 1.80 bits per heavy atom. The number of rotatable bonds is 0. The van der Waals surface area contributed by atoms with Gasteiger partial charge in [-0.1, -0.05) is 0 Å². The summed E-state index contributed by atoms with van der Waals surface area (Å²) in [6.07, 6.45) is 4.27. The van der Waals surface area contributed by atoms with Gasteiger partial charge in [-0.3, -0.25) is 4.90 Å². The smallest absolute Gasteiger partial charge is 0.137 e. The van der Waals surface area contributed by atoms with Crippen LogP contribution in [0.25, 0.3) is 0 Å². The summed E-state index contributed by atoms with van der Waals surface area (Å²) >= 11 is 0. The molecule has 0 amide bonds. The molecule has 0 aromatic heterocycles. The number of alkyl halides is 2. The van der Waals surface area contributed by atoms with E-state index in [0.717, 1.165) is 71.4 Å². The van der Waals surface area contributed by atoms with E-state index < -0.39 is 12.3 Å². The zero-order chi connectivity index (χ0) is 20.6. The first kappa shape index (κ1) is 21.5. The molecule has 4 heterocycles. The minimum absolute atomic E-state index is 0.0489. The van der Waals surface area contributed by atoms with Gasteiger partial charge in [0.1, 0.15) is 12.3 Å². The molecule has 2 bridgehead atoms. The van der Waals surface area contributed by atoms with E-state index in [4.69, 9.17) is 14.2 Å². The number of piperidine rings is 1. The number of hydrogen-bond donors (Lipinski definition) is 1. The summed E-state index contributed by atoms with van der Waals surface area (Å²) in [5.41, 5.74) is -0.0489. The highest BCUT2D eigenvalue weighted by Gasteiger charge is 2.48. The molecule has 4 aliphatic heterocycles. The number of fused-ring (bicyclic) bond motifs is 5. The summed E-state index contributed by atoms with van der Waals surface area (Å²) in [5.74, 6) is -0.0844. The van der Waals surface area contributed by atoms with Crippen LogP contribution >= 0.6 is 0 Å². The SMILES string of the molecule is FC1CCC2OCCN3CCC[C@]4(COCCN4)[C@H]3COC3CCC(CC3)C2C1F. The molecule has 7 heteroatoms. The van der Waals surface area contributed by atoms with Crippen molar-refractivity contribution in [3.8, 4) is 0 Å². The van der Waals surface area contributed by atoms with Crippen LogP contribution in [0.15, 0.2) is 0 Å². The van der Waals surface area contributed by atoms with Gasteiger partial charge in [0.05, 0.1) is 50.2 Å². The molecule has 6 atom stereocenters. The van der Waals surface area contributed by atoms with Gasteiger partial charge < -0.3 is 19.5 Å². The van der Waals surface area contributed by atoms with Crippen molar-refractivity contribution >= 4 is 0 Å². The lowest BCUT2D eigenvalue weighted by atomic mass is 9.70. The lowest BCUT2D eigenvalue weighted by Crippen LogP contribution is -2.70. The Morgan fingerprint density at radius 1 is 0.933 bits per heavy atom. The number of halogens is 2. The molecular formula is C23H38F2N2O3. The standard InChI is InChI=1S/C23H38F2N2O3/c24-18-6-7-19-21(22(18)25)16-2-4-17(5-3-16)30-14-20-23(15-28-12-9-26-23)8-1-10-27(20)11-13-29-19/h16-22,26H,1-15H2/t16?,17?,18?,19?,20-,21?,22?,23+/m1/s1. The van der Waals surface area contributed by atoms with Crippen molar-refractivity contribution in [2.24, 2.45) is 11.8 Å². The zero-order valence-electron chi connectivity index (χ0n) is 18.1. The van der Waals surface area contributed by atoms with Crippen molar-refractivity contribution in [3.63, 3.8) is 0 Å². The molecule has 2 aliphatic carbocycles. The van der Waals surface area contributed by atoms with E-state index in [0.29, 0.717) is 19.6 Å². The molecule has 0 aromatic carbocycles. The highest BCUT2D eigenvalue weighted by Crippen LogP contribution is 2.43. The first-order valence-electron chi connectivity index (χ1n) is 12.2. The average Bonchev–Trinajstić information content (AvgIpc) is 2.79. The Kier molecular flexibility index (Phi) is 6.64. The average molecular weight is 429 g/mol. The van der Waals surface area contributed by atoms with Crippen LogP contribution in [-0.2, 0) is 14.2 Å². The third-order valence-electron chi connectivity index (χ3n) is 8.56. The minimum Gasteiger partial charge on any atom is -0.378 e. The number of nitrogens with one attached hydrogen (secondary N) is 1. The summed E-state index contributed by atoms with van der Waals surface area (Å²) in [6, 6.07) is 0.264. The van der Waals surface area contributed by atoms with Crippen LogP contribution < -0.4 is 5.32 Å². The number of morpholine rings is 1. The lowest BCUT2D eigenvalue weighted by molar-refractivity contribution is -0.102. The molecule has 30 heavy (non-hydrogen) atoms. The Bertz CT molecular complexity index is 563. The van der Waals surface area contributed by atoms with Crippen LogP contribution in [0.1, 0.15) is 51.4 Å². The maximum Gasteiger partial charge on any atom is 0.137 e. The largest absolute Gasteiger partial charge is 0.378 e. The second-order valence-electron chi connectivity index (χ2n) is 10.2. The Hall–Kier alpha value is -0.340. The van der Waals surface area contributed by atoms with Crippen LogP contribution in [0.5, 0.6) is 0 Å². The molecular weight excluding hydrogens is 390 g/mol. The molecule has 6 rings (SSSR count). The minimum atomic E-state index is -1.38. The van der Waals surface area contributed by atoms with E-state index in [2.05, 4.69) is 10.2 Å². The van der Waals surface area contributed by atoms with Crippen LogP contribution in [0.4, 0.5) is 8.78 Å². The van der Waals surface area contributed by atoms with Gasteiger partial charge in [-0.05, 0) is 63.8 Å². The van der Waals surface area contributed by atoms with Crippen LogP contribution in [0.3, 0.4) is 0 Å². The maximum absolute atomic E-state index is 15.0. The fourth-order valence-electron chi connectivity index (χ4n) is 6.92. The summed E-state index contributed by atoms with van der Waals surface area (Å²) in [6.45, 7) is 5.51. The summed E-state index contributed by atoms with van der Waals surface area (Å²) in [5, 5.41) is 3.78. The van der Waals surface area contributed by atoms with E-state index in [9.17, 15) is 8.78 Å². The number of ether oxygens (including phenoxy) is 3. The van der Waals surface area contributed by atoms with Gasteiger partial charge in [-0.2, -0.15) is 0 Å². The van der Waals surface area contributed by atoms with Crippen LogP contribution in [-0.4, -0.2) is 87.1 Å². The molecule has 0 radical (unpaired) electrons. The van der Waals surface area contributed by atoms with Gasteiger partial charge in [-0.15, -0.1) is 0 Å².